The molecule has 92 heavy (non-hydrogen) atoms. The molecule has 3 fully saturated rings. The highest BCUT2D eigenvalue weighted by Crippen LogP contribution is 2.66. The minimum Gasteiger partial charge on any atom is -0.480 e. The zero-order valence-corrected chi connectivity index (χ0v) is 57.6. The van der Waals surface area contributed by atoms with E-state index in [1.54, 1.807) is 45.2 Å². The number of anilines is 3. The Balaban J connectivity index is 0.000000197. The maximum absolute atomic E-state index is 12.1. The van der Waals surface area contributed by atoms with Crippen molar-refractivity contribution < 1.29 is 139 Å². The summed E-state index contributed by atoms with van der Waals surface area (Å²) in [5.41, 5.74) is 9.70. The molecule has 0 spiro atoms. The molecule has 514 valence electrons. The molecule has 9 heterocycles. The summed E-state index contributed by atoms with van der Waals surface area (Å²) in [5.74, 6) is -1.84. The third-order valence-corrected chi connectivity index (χ3v) is 20.8. The van der Waals surface area contributed by atoms with E-state index in [-0.39, 0.29) is 64.9 Å². The first kappa shape index (κ1) is 75.8. The number of carboxylic acids is 1. The van der Waals surface area contributed by atoms with Gasteiger partial charge in [-0.3, -0.25) is 51.6 Å². The van der Waals surface area contributed by atoms with Crippen LogP contribution in [0.15, 0.2) is 9.59 Å². The standard InChI is InChI=1S/C15H22IN6O9P.C11H17IN5O14P3.C11H15IN5O8P/c1-5(11(24)25)21-32(27,28)30-4-6-8(23)15(2,26)12(31-6)22-9-7(18-13(22)16)10(29-3)20-14(17)19-9;1-11(20)5(18)3(2-28-33(24,25)31-34(26,27)30-32(21,22)23)29-8(11)17-6-4(14-9(17)12)7(19)16-10(13)15-6;1-11(20)5(18)3(2-24-26(21,22)23)25-8(11)17-6-4(14-9(17)12)7(19)16-10(13)15-6/h5-6,8,12,23,26H,4H2,1-3H3,(H,24,25)(H2,17,19,20)(H2,21,27,28);3,5,8,18,20H,2H2,1H3,(H,24,25)(H,26,27)(H2,21,22,23)(H3,13,15,16,19);3,5,8,18,20H,2H2,1H3,(H2,21,22,23)(H3,13,15,16,19)/t5-,6+,8+,12?,15+;2*3-,5-,8?,11-/m011/s1. The summed E-state index contributed by atoms with van der Waals surface area (Å²) in [7, 11) is -24.8. The number of nitrogens with two attached hydrogens (primary N) is 3. The van der Waals surface area contributed by atoms with Gasteiger partial charge in [0.05, 0.1) is 26.9 Å². The number of aliphatic hydroxyl groups excluding tert-OH is 3. The third kappa shape index (κ3) is 16.8. The topological polar surface area (TPSA) is 730 Å². The lowest BCUT2D eigenvalue weighted by Crippen LogP contribution is -2.44. The van der Waals surface area contributed by atoms with Gasteiger partial charge in [0, 0.05) is 67.8 Å². The molecule has 3 aliphatic heterocycles. The number of phosphoric ester groups is 2. The van der Waals surface area contributed by atoms with E-state index in [4.69, 9.17) is 65.4 Å². The third-order valence-electron chi connectivity index (χ3n) is 13.1. The second-order valence-corrected chi connectivity index (χ2v) is 30.1. The van der Waals surface area contributed by atoms with Gasteiger partial charge in [-0.1, -0.05) is 0 Å². The van der Waals surface area contributed by atoms with Crippen LogP contribution in [0.25, 0.3) is 33.5 Å². The molecule has 0 aliphatic carbocycles. The molecular formula is C37H54I3N16O31P5. The van der Waals surface area contributed by atoms with Crippen LogP contribution in [0.1, 0.15) is 46.4 Å². The normalized spacial score (nSPS) is 29.1. The number of nitrogens with one attached hydrogen (secondary N) is 3. The maximum Gasteiger partial charge on any atom is 0.490 e. The molecule has 0 bridgehead atoms. The van der Waals surface area contributed by atoms with Crippen molar-refractivity contribution in [1.29, 1.82) is 0 Å². The summed E-state index contributed by atoms with van der Waals surface area (Å²) >= 11 is 5.35. The molecule has 16 atom stereocenters. The number of ether oxygens (including phenoxy) is 4. The van der Waals surface area contributed by atoms with E-state index in [1.807, 2.05) is 27.7 Å². The van der Waals surface area contributed by atoms with E-state index in [0.29, 0.717) is 3.83 Å². The van der Waals surface area contributed by atoms with Crippen molar-refractivity contribution in [1.82, 2.24) is 63.6 Å². The highest BCUT2D eigenvalue weighted by Gasteiger charge is 2.58. The fourth-order valence-corrected chi connectivity index (χ4v) is 15.4. The van der Waals surface area contributed by atoms with Crippen molar-refractivity contribution in [2.45, 2.75) is 106 Å². The van der Waals surface area contributed by atoms with Crippen LogP contribution in [-0.2, 0) is 64.0 Å². The summed E-state index contributed by atoms with van der Waals surface area (Å²) in [5, 5.41) is 74.7. The second kappa shape index (κ2) is 27.7. The van der Waals surface area contributed by atoms with Crippen LogP contribution in [0.4, 0.5) is 17.8 Å². The molecule has 0 saturated carbocycles. The Morgan fingerprint density at radius 2 is 0.967 bits per heavy atom. The van der Waals surface area contributed by atoms with Crippen LogP contribution in [-0.4, -0.2) is 221 Å². The summed E-state index contributed by atoms with van der Waals surface area (Å²) in [6, 6.07) is -1.37. The summed E-state index contributed by atoms with van der Waals surface area (Å²) in [6.07, 6.45) is -13.0. The minimum absolute atomic E-state index is 0.0182. The number of fused-ring (bicyclic) bond motifs is 3. The van der Waals surface area contributed by atoms with Gasteiger partial charge in [-0.2, -0.15) is 28.6 Å². The lowest BCUT2D eigenvalue weighted by molar-refractivity contribution is -0.138. The number of hydrogen-bond donors (Lipinski definition) is 20. The molecule has 55 heteroatoms. The van der Waals surface area contributed by atoms with E-state index < -0.39 is 154 Å². The Labute approximate surface area is 551 Å². The second-order valence-electron chi connectivity index (χ2n) is 20.0. The largest absolute Gasteiger partial charge is 0.490 e. The monoisotopic (exact) mass is 1750 g/mol. The van der Waals surface area contributed by atoms with Gasteiger partial charge in [-0.05, 0) is 27.7 Å². The number of imidazole rings is 3. The minimum atomic E-state index is -5.75. The number of nitrogen functional groups attached to an aromatic ring is 3. The summed E-state index contributed by atoms with van der Waals surface area (Å²) < 4.78 is 104. The van der Waals surface area contributed by atoms with Gasteiger partial charge in [-0.15, -0.1) is 0 Å². The SMILES string of the molecule is COc1nc(N)nc2c1nc(I)n2C1O[C@H](COP(=O)(O)N[C@@H](C)C(=O)O)[C@@H](O)[C@@]1(C)O.C[C@]1(O)C(n2c(I)nc3c(=O)[nH]c(N)nc32)O[C@H](COP(=O)(O)O)[C@H]1O.C[C@]1(O)C(n2c(I)nc3c(=O)[nH]c(N)nc32)O[C@H](COP(=O)(O)OP(=O)(O)OP(=O)(O)O)[C@H]1O. The van der Waals surface area contributed by atoms with Gasteiger partial charge < -0.3 is 106 Å². The number of halogens is 3. The highest BCUT2D eigenvalue weighted by molar-refractivity contribution is 14.1. The van der Waals surface area contributed by atoms with E-state index >= 15 is 0 Å². The van der Waals surface area contributed by atoms with Crippen molar-refractivity contribution in [3.8, 4) is 5.88 Å². The number of carboxylic acid groups (broad SMARTS) is 1. The smallest absolute Gasteiger partial charge is 0.480 e. The Bertz CT molecular complexity index is 4160. The van der Waals surface area contributed by atoms with Gasteiger partial charge >= 0.3 is 45.0 Å². The summed E-state index contributed by atoms with van der Waals surface area (Å²) in [6.45, 7) is 2.52. The number of nitrogens with zero attached hydrogens (tertiary/aromatic N) is 10. The van der Waals surface area contributed by atoms with Crippen LogP contribution in [0.2, 0.25) is 0 Å². The molecule has 6 unspecified atom stereocenters. The lowest BCUT2D eigenvalue weighted by atomic mass is 9.96. The first-order valence-electron chi connectivity index (χ1n) is 24.8. The van der Waals surface area contributed by atoms with Gasteiger partial charge in [0.2, 0.25) is 23.7 Å². The molecule has 0 aromatic carbocycles. The number of methoxy groups -OCH3 is 1. The number of phosphoric acid groups is 4. The van der Waals surface area contributed by atoms with E-state index in [0.717, 1.165) is 18.4 Å². The quantitative estimate of drug-likeness (QED) is 0.0199. The molecule has 47 nitrogen and oxygen atoms in total. The fraction of sp³-hybridized carbons (Fsp3) is 0.568. The Hall–Kier alpha value is -3.62. The first-order chi connectivity index (χ1) is 42.0. The van der Waals surface area contributed by atoms with Gasteiger partial charge in [0.15, 0.2) is 63.7 Å². The van der Waals surface area contributed by atoms with Gasteiger partial charge in [-0.25, -0.2) is 42.9 Å². The van der Waals surface area contributed by atoms with Crippen molar-refractivity contribution >= 4 is 164 Å². The summed E-state index contributed by atoms with van der Waals surface area (Å²) in [4.78, 5) is 131. The Morgan fingerprint density at radius 1 is 0.598 bits per heavy atom. The first-order valence-corrected chi connectivity index (χ1v) is 35.6. The van der Waals surface area contributed by atoms with Crippen molar-refractivity contribution in [2.24, 2.45) is 0 Å². The highest BCUT2D eigenvalue weighted by atomic mass is 127. The maximum atomic E-state index is 12.1. The fourth-order valence-electron chi connectivity index (χ4n) is 8.86. The number of aromatic nitrogens is 12. The van der Waals surface area contributed by atoms with Crippen LogP contribution in [0.5, 0.6) is 5.88 Å². The molecule has 0 amide bonds. The number of H-pyrrole nitrogens is 2. The molecule has 3 aliphatic rings. The van der Waals surface area contributed by atoms with E-state index in [2.05, 4.69) is 62.5 Å². The number of aliphatic hydroxyl groups is 6. The van der Waals surface area contributed by atoms with Crippen molar-refractivity contribution in [3.05, 3.63) is 32.2 Å². The number of hydrogen-bond acceptors (Lipinski definition) is 33. The van der Waals surface area contributed by atoms with Gasteiger partial charge in [0.1, 0.15) is 59.5 Å². The number of carbonyl (C=O) groups is 1. The number of aromatic amines is 2. The predicted molar refractivity (Wildman–Crippen MR) is 325 cm³/mol. The number of rotatable bonds is 20. The average Bonchev–Trinajstić information content (AvgIpc) is 1.60. The molecule has 6 aromatic rings. The van der Waals surface area contributed by atoms with Crippen LogP contribution in [0, 0.1) is 11.5 Å². The van der Waals surface area contributed by atoms with Crippen LogP contribution in [0.3, 0.4) is 0 Å². The van der Waals surface area contributed by atoms with Gasteiger partial charge in [0.25, 0.3) is 11.1 Å². The zero-order chi connectivity index (χ0) is 69.3. The predicted octanol–water partition coefficient (Wildman–Crippen LogP) is -3.71. The molecular weight excluding hydrogens is 1700 g/mol. The lowest BCUT2D eigenvalue weighted by Gasteiger charge is -2.27. The van der Waals surface area contributed by atoms with Crippen LogP contribution < -0.4 is 38.1 Å². The molecule has 23 N–H and O–H groups in total. The molecule has 0 radical (unpaired) electrons. The zero-order valence-electron chi connectivity index (χ0n) is 46.7. The Morgan fingerprint density at radius 3 is 1.34 bits per heavy atom. The van der Waals surface area contributed by atoms with Crippen LogP contribution >= 0.6 is 107 Å². The molecule has 3 saturated heterocycles. The average molecular weight is 1750 g/mol. The van der Waals surface area contributed by atoms with E-state index in [9.17, 15) is 82.5 Å². The van der Waals surface area contributed by atoms with E-state index in [1.165, 1.54) is 30.1 Å². The van der Waals surface area contributed by atoms with Crippen molar-refractivity contribution in [2.75, 3.05) is 44.1 Å². The Kier molecular flexibility index (Phi) is 22.8. The molecule has 9 rings (SSSR count). The molecule has 6 aromatic heterocycles. The van der Waals surface area contributed by atoms with Crippen molar-refractivity contribution in [3.63, 3.8) is 0 Å². The number of aliphatic carboxylic acids is 1.